The fourth-order valence-electron chi connectivity index (χ4n) is 0.501. The second-order valence-corrected chi connectivity index (χ2v) is 3.30. The van der Waals surface area contributed by atoms with E-state index in [1.807, 2.05) is 13.0 Å². The van der Waals surface area contributed by atoms with Gasteiger partial charge in [-0.2, -0.15) is 0 Å². The van der Waals surface area contributed by atoms with Crippen LogP contribution in [-0.4, -0.2) is 0 Å². The molecule has 0 aliphatic rings. The number of hydrogen-bond donors (Lipinski definition) is 0. The summed E-state index contributed by atoms with van der Waals surface area (Å²) in [5, 5.41) is 0. The van der Waals surface area contributed by atoms with Crippen molar-refractivity contribution in [1.29, 1.82) is 0 Å². The first-order chi connectivity index (χ1) is 6.22. The minimum atomic E-state index is 0.723. The molecule has 0 radical (unpaired) electrons. The molecule has 0 rings (SSSR count). The van der Waals surface area contributed by atoms with Crippen LogP contribution >= 0.6 is 0 Å². The Morgan fingerprint density at radius 2 is 1.54 bits per heavy atom. The van der Waals surface area contributed by atoms with Crippen molar-refractivity contribution in [3.63, 3.8) is 0 Å². The average Bonchev–Trinajstić information content (AvgIpc) is 2.18. The maximum absolute atomic E-state index is 2.22. The Balaban J connectivity index is 0. The monoisotopic (exact) mass is 182 g/mol. The number of hydrogen-bond acceptors (Lipinski definition) is 0. The fraction of sp³-hybridized carbons (Fsp3) is 0.692. The molecule has 0 nitrogen and oxygen atoms in total. The van der Waals surface area contributed by atoms with E-state index in [-0.39, 0.29) is 0 Å². The van der Waals surface area contributed by atoms with Crippen molar-refractivity contribution < 1.29 is 0 Å². The lowest BCUT2D eigenvalue weighted by atomic mass is 10.1. The van der Waals surface area contributed by atoms with Gasteiger partial charge in [-0.05, 0) is 12.8 Å². The Kier molecular flexibility index (Phi) is 16.2. The normalized spacial score (nSPS) is 13.0. The summed E-state index contributed by atoms with van der Waals surface area (Å²) in [4.78, 5) is 0. The first kappa shape index (κ1) is 15.0. The number of unbranched alkanes of at least 4 members (excludes halogenated alkanes) is 1. The Labute approximate surface area is 84.7 Å². The highest BCUT2D eigenvalue weighted by molar-refractivity contribution is 5.02. The molecule has 0 heteroatoms. The van der Waals surface area contributed by atoms with Gasteiger partial charge in [-0.1, -0.05) is 71.3 Å². The smallest absolute Gasteiger partial charge is 0.0261 e. The van der Waals surface area contributed by atoms with Crippen LogP contribution in [0.15, 0.2) is 24.3 Å². The van der Waals surface area contributed by atoms with Crippen LogP contribution in [0.1, 0.15) is 53.9 Å². The van der Waals surface area contributed by atoms with E-state index >= 15 is 0 Å². The minimum Gasteiger partial charge on any atom is -0.0877 e. The lowest BCUT2D eigenvalue weighted by molar-refractivity contribution is 0.698. The van der Waals surface area contributed by atoms with E-state index in [9.17, 15) is 0 Å². The molecular formula is C13H26. The number of allylic oxidation sites excluding steroid dienone is 4. The molecule has 0 spiro atoms. The van der Waals surface area contributed by atoms with Gasteiger partial charge < -0.3 is 0 Å². The van der Waals surface area contributed by atoms with E-state index < -0.39 is 0 Å². The summed E-state index contributed by atoms with van der Waals surface area (Å²) in [5.74, 6) is 0.723. The largest absolute Gasteiger partial charge is 0.0877 e. The molecule has 78 valence electrons. The second kappa shape index (κ2) is 14.0. The van der Waals surface area contributed by atoms with Crippen LogP contribution in [0, 0.1) is 5.92 Å². The molecule has 0 amide bonds. The minimum absolute atomic E-state index is 0.723. The van der Waals surface area contributed by atoms with E-state index in [4.69, 9.17) is 0 Å². The topological polar surface area (TPSA) is 0 Å². The van der Waals surface area contributed by atoms with Gasteiger partial charge in [-0.15, -0.1) is 0 Å². The highest BCUT2D eigenvalue weighted by atomic mass is 13.9. The molecule has 0 aromatic heterocycles. The van der Waals surface area contributed by atoms with Crippen molar-refractivity contribution in [2.75, 3.05) is 0 Å². The van der Waals surface area contributed by atoms with Gasteiger partial charge in [-0.25, -0.2) is 0 Å². The zero-order chi connectivity index (χ0) is 10.5. The van der Waals surface area contributed by atoms with Crippen LogP contribution in [0.25, 0.3) is 0 Å². The maximum Gasteiger partial charge on any atom is -0.0261 e. The van der Waals surface area contributed by atoms with Gasteiger partial charge in [0.25, 0.3) is 0 Å². The summed E-state index contributed by atoms with van der Waals surface area (Å²) in [6, 6.07) is 0. The third-order valence-corrected chi connectivity index (χ3v) is 1.89. The van der Waals surface area contributed by atoms with E-state index in [1.54, 1.807) is 0 Å². The van der Waals surface area contributed by atoms with Crippen LogP contribution in [0.4, 0.5) is 0 Å². The second-order valence-electron chi connectivity index (χ2n) is 3.30. The first-order valence-electron chi connectivity index (χ1n) is 5.52. The molecule has 0 aliphatic carbocycles. The Hall–Kier alpha value is -0.520. The highest BCUT2D eigenvalue weighted by Gasteiger charge is 1.86. The molecule has 13 heavy (non-hydrogen) atoms. The highest BCUT2D eigenvalue weighted by Crippen LogP contribution is 2.01. The summed E-state index contributed by atoms with van der Waals surface area (Å²) >= 11 is 0. The van der Waals surface area contributed by atoms with Gasteiger partial charge in [-0.3, -0.25) is 0 Å². The molecule has 0 aromatic rings. The van der Waals surface area contributed by atoms with Gasteiger partial charge in [0.05, 0.1) is 0 Å². The standard InChI is InChI=1S/C9H16.C4H10/c1-4-6-7-8-9(3)5-2;1-3-4-2/h4,6-9H,5H2,1-3H3;3-4H2,1-2H3/b6-4-,8-7-;. The zero-order valence-corrected chi connectivity index (χ0v) is 10.0. The molecular weight excluding hydrogens is 156 g/mol. The summed E-state index contributed by atoms with van der Waals surface area (Å²) in [5.41, 5.74) is 0. The summed E-state index contributed by atoms with van der Waals surface area (Å²) in [6.45, 7) is 10.8. The van der Waals surface area contributed by atoms with Gasteiger partial charge >= 0.3 is 0 Å². The molecule has 0 saturated carbocycles. The number of rotatable bonds is 4. The van der Waals surface area contributed by atoms with Crippen molar-refractivity contribution in [3.05, 3.63) is 24.3 Å². The Bertz CT molecular complexity index is 118. The van der Waals surface area contributed by atoms with E-state index in [2.05, 4.69) is 45.9 Å². The molecule has 1 unspecified atom stereocenters. The van der Waals surface area contributed by atoms with Gasteiger partial charge in [0.1, 0.15) is 0 Å². The lowest BCUT2D eigenvalue weighted by Gasteiger charge is -1.96. The molecule has 0 aliphatic heterocycles. The van der Waals surface area contributed by atoms with Gasteiger partial charge in [0.15, 0.2) is 0 Å². The molecule has 0 fully saturated rings. The third-order valence-electron chi connectivity index (χ3n) is 1.89. The quantitative estimate of drug-likeness (QED) is 0.538. The van der Waals surface area contributed by atoms with Crippen molar-refractivity contribution >= 4 is 0 Å². The fourth-order valence-corrected chi connectivity index (χ4v) is 0.501. The lowest BCUT2D eigenvalue weighted by Crippen LogP contribution is -1.82. The average molecular weight is 182 g/mol. The summed E-state index contributed by atoms with van der Waals surface area (Å²) in [7, 11) is 0. The van der Waals surface area contributed by atoms with Crippen molar-refractivity contribution in [1.82, 2.24) is 0 Å². The molecule has 0 aromatic carbocycles. The van der Waals surface area contributed by atoms with E-state index in [0.29, 0.717) is 0 Å². The van der Waals surface area contributed by atoms with Crippen molar-refractivity contribution in [2.45, 2.75) is 53.9 Å². The predicted molar refractivity (Wildman–Crippen MR) is 64.0 cm³/mol. The van der Waals surface area contributed by atoms with Crippen molar-refractivity contribution in [3.8, 4) is 0 Å². The molecule has 0 heterocycles. The maximum atomic E-state index is 2.22. The first-order valence-corrected chi connectivity index (χ1v) is 5.52. The van der Waals surface area contributed by atoms with Crippen molar-refractivity contribution in [2.24, 2.45) is 5.92 Å². The molecule has 1 atom stereocenters. The third kappa shape index (κ3) is 18.4. The Morgan fingerprint density at radius 1 is 1.00 bits per heavy atom. The van der Waals surface area contributed by atoms with E-state index in [0.717, 1.165) is 5.92 Å². The SMILES string of the molecule is C/C=C\C=C/C(C)CC.CCCC. The van der Waals surface area contributed by atoms with Gasteiger partial charge in [0, 0.05) is 0 Å². The predicted octanol–water partition coefficient (Wildman–Crippen LogP) is 4.97. The zero-order valence-electron chi connectivity index (χ0n) is 10.0. The van der Waals surface area contributed by atoms with Crippen LogP contribution in [0.3, 0.4) is 0 Å². The van der Waals surface area contributed by atoms with Crippen LogP contribution in [0.2, 0.25) is 0 Å². The molecule has 0 bridgehead atoms. The Morgan fingerprint density at radius 3 is 1.85 bits per heavy atom. The molecule has 0 N–H and O–H groups in total. The molecule has 0 saturated heterocycles. The van der Waals surface area contributed by atoms with Crippen LogP contribution < -0.4 is 0 Å². The van der Waals surface area contributed by atoms with Crippen LogP contribution in [-0.2, 0) is 0 Å². The van der Waals surface area contributed by atoms with Gasteiger partial charge in [0.2, 0.25) is 0 Å². The summed E-state index contributed by atoms with van der Waals surface area (Å²) < 4.78 is 0. The van der Waals surface area contributed by atoms with Crippen LogP contribution in [0.5, 0.6) is 0 Å². The van der Waals surface area contributed by atoms with E-state index in [1.165, 1.54) is 19.3 Å². The summed E-state index contributed by atoms with van der Waals surface area (Å²) in [6.07, 6.45) is 12.3.